The lowest BCUT2D eigenvalue weighted by molar-refractivity contribution is 0.165. The normalized spacial score (nSPS) is 18.5. The minimum atomic E-state index is 0.554. The van der Waals surface area contributed by atoms with Crippen molar-refractivity contribution in [3.8, 4) is 0 Å². The number of aromatic nitrogens is 1. The molecule has 0 spiro atoms. The van der Waals surface area contributed by atoms with Gasteiger partial charge in [0, 0.05) is 48.8 Å². The lowest BCUT2D eigenvalue weighted by Crippen LogP contribution is -2.45. The second kappa shape index (κ2) is 5.98. The molecule has 1 atom stereocenters. The molecule has 1 aliphatic heterocycles. The Labute approximate surface area is 121 Å². The van der Waals surface area contributed by atoms with Crippen LogP contribution in [0.15, 0.2) is 24.3 Å². The molecule has 2 heterocycles. The highest BCUT2D eigenvalue weighted by atomic mass is 15.2. The molecule has 108 valence electrons. The van der Waals surface area contributed by atoms with Crippen LogP contribution >= 0.6 is 0 Å². The third-order valence-corrected chi connectivity index (χ3v) is 4.43. The van der Waals surface area contributed by atoms with Gasteiger partial charge in [0.15, 0.2) is 0 Å². The quantitative estimate of drug-likeness (QED) is 0.894. The Morgan fingerprint density at radius 2 is 1.95 bits per heavy atom. The van der Waals surface area contributed by atoms with Crippen LogP contribution in [-0.2, 0) is 0 Å². The van der Waals surface area contributed by atoms with E-state index < -0.39 is 0 Å². The van der Waals surface area contributed by atoms with Gasteiger partial charge in [-0.3, -0.25) is 4.90 Å². The molecular formula is C17H25N3. The maximum Gasteiger partial charge on any atom is 0.0459 e. The van der Waals surface area contributed by atoms with Crippen molar-refractivity contribution in [1.82, 2.24) is 15.2 Å². The maximum atomic E-state index is 3.56. The minimum absolute atomic E-state index is 0.554. The van der Waals surface area contributed by atoms with Gasteiger partial charge in [-0.25, -0.2) is 0 Å². The zero-order chi connectivity index (χ0) is 13.9. The minimum Gasteiger partial charge on any atom is -0.358 e. The fourth-order valence-electron chi connectivity index (χ4n) is 3.50. The number of para-hydroxylation sites is 1. The summed E-state index contributed by atoms with van der Waals surface area (Å²) in [7, 11) is 0. The van der Waals surface area contributed by atoms with E-state index >= 15 is 0 Å². The van der Waals surface area contributed by atoms with Crippen molar-refractivity contribution in [2.45, 2.75) is 32.7 Å². The molecule has 2 aromatic rings. The van der Waals surface area contributed by atoms with Gasteiger partial charge in [0.25, 0.3) is 0 Å². The third-order valence-electron chi connectivity index (χ3n) is 4.43. The number of nitrogens with zero attached hydrogens (tertiary/aromatic N) is 1. The smallest absolute Gasteiger partial charge is 0.0459 e. The molecule has 1 aromatic heterocycles. The number of rotatable bonds is 4. The van der Waals surface area contributed by atoms with E-state index in [0.717, 1.165) is 26.2 Å². The van der Waals surface area contributed by atoms with Gasteiger partial charge >= 0.3 is 0 Å². The number of hydrogen-bond acceptors (Lipinski definition) is 2. The topological polar surface area (TPSA) is 31.1 Å². The van der Waals surface area contributed by atoms with Gasteiger partial charge in [-0.2, -0.15) is 0 Å². The molecule has 2 N–H and O–H groups in total. The van der Waals surface area contributed by atoms with E-state index in [9.17, 15) is 0 Å². The number of H-pyrrole nitrogens is 1. The molecule has 3 heteroatoms. The van der Waals surface area contributed by atoms with Gasteiger partial charge in [0.2, 0.25) is 0 Å². The van der Waals surface area contributed by atoms with Crippen molar-refractivity contribution in [1.29, 1.82) is 0 Å². The first kappa shape index (κ1) is 13.7. The van der Waals surface area contributed by atoms with Crippen molar-refractivity contribution in [3.63, 3.8) is 0 Å². The fraction of sp³-hybridized carbons (Fsp3) is 0.529. The summed E-state index contributed by atoms with van der Waals surface area (Å²) in [6, 6.07) is 9.27. The summed E-state index contributed by atoms with van der Waals surface area (Å²) in [6.07, 6.45) is 2.47. The lowest BCUT2D eigenvalue weighted by atomic mass is 9.97. The first-order valence-corrected chi connectivity index (χ1v) is 7.83. The highest BCUT2D eigenvalue weighted by molar-refractivity contribution is 5.85. The van der Waals surface area contributed by atoms with Gasteiger partial charge < -0.3 is 10.3 Å². The van der Waals surface area contributed by atoms with E-state index in [2.05, 4.69) is 53.3 Å². The van der Waals surface area contributed by atoms with E-state index in [1.54, 1.807) is 0 Å². The molecular weight excluding hydrogens is 246 g/mol. The third kappa shape index (κ3) is 2.48. The molecule has 20 heavy (non-hydrogen) atoms. The molecule has 0 saturated carbocycles. The molecule has 1 aliphatic rings. The number of aryl methyl sites for hydroxylation is 1. The standard InChI is InChI=1S/C17H25N3/c1-3-6-16(20-11-9-18-10-12-20)17-13(2)19-15-8-5-4-7-14(15)17/h4-5,7-8,16,18-19H,3,6,9-12H2,1-2H3/t16-/m0/s1. The van der Waals surface area contributed by atoms with Crippen LogP contribution in [0.2, 0.25) is 0 Å². The molecule has 3 nitrogen and oxygen atoms in total. The number of nitrogens with one attached hydrogen (secondary N) is 2. The van der Waals surface area contributed by atoms with Crippen LogP contribution in [0.3, 0.4) is 0 Å². The van der Waals surface area contributed by atoms with Crippen LogP contribution < -0.4 is 5.32 Å². The van der Waals surface area contributed by atoms with Crippen LogP contribution in [-0.4, -0.2) is 36.1 Å². The largest absolute Gasteiger partial charge is 0.358 e. The van der Waals surface area contributed by atoms with E-state index in [1.165, 1.54) is 35.0 Å². The zero-order valence-electron chi connectivity index (χ0n) is 12.6. The van der Waals surface area contributed by atoms with Crippen LogP contribution in [0.25, 0.3) is 10.9 Å². The average Bonchev–Trinajstić information content (AvgIpc) is 2.82. The summed E-state index contributed by atoms with van der Waals surface area (Å²) in [5, 5.41) is 4.86. The second-order valence-electron chi connectivity index (χ2n) is 5.80. The molecule has 0 unspecified atom stereocenters. The van der Waals surface area contributed by atoms with Crippen molar-refractivity contribution in [2.75, 3.05) is 26.2 Å². The maximum absolute atomic E-state index is 3.56. The average molecular weight is 271 g/mol. The van der Waals surface area contributed by atoms with E-state index in [0.29, 0.717) is 6.04 Å². The molecule has 3 rings (SSSR count). The first-order chi connectivity index (χ1) is 9.81. The second-order valence-corrected chi connectivity index (χ2v) is 5.80. The number of benzene rings is 1. The van der Waals surface area contributed by atoms with Crippen molar-refractivity contribution in [2.24, 2.45) is 0 Å². The molecule has 1 fully saturated rings. The summed E-state index contributed by atoms with van der Waals surface area (Å²) in [4.78, 5) is 6.22. The zero-order valence-corrected chi connectivity index (χ0v) is 12.6. The number of aromatic amines is 1. The Morgan fingerprint density at radius 1 is 1.20 bits per heavy atom. The van der Waals surface area contributed by atoms with Gasteiger partial charge in [0.05, 0.1) is 0 Å². The molecule has 0 amide bonds. The number of fused-ring (bicyclic) bond motifs is 1. The van der Waals surface area contributed by atoms with Crippen LogP contribution in [0, 0.1) is 6.92 Å². The number of hydrogen-bond donors (Lipinski definition) is 2. The molecule has 1 saturated heterocycles. The predicted molar refractivity (Wildman–Crippen MR) is 85.1 cm³/mol. The Balaban J connectivity index is 2.01. The van der Waals surface area contributed by atoms with Gasteiger partial charge in [-0.1, -0.05) is 31.5 Å². The summed E-state index contributed by atoms with van der Waals surface area (Å²) in [5.74, 6) is 0. The van der Waals surface area contributed by atoms with Crippen LogP contribution in [0.4, 0.5) is 0 Å². The summed E-state index contributed by atoms with van der Waals surface area (Å²) < 4.78 is 0. The van der Waals surface area contributed by atoms with E-state index in [1.807, 2.05) is 0 Å². The highest BCUT2D eigenvalue weighted by Gasteiger charge is 2.25. The SMILES string of the molecule is CCC[C@@H](c1c(C)[nH]c2ccccc12)N1CCNCC1. The van der Waals surface area contributed by atoms with Crippen molar-refractivity contribution in [3.05, 3.63) is 35.5 Å². The van der Waals surface area contributed by atoms with Crippen molar-refractivity contribution < 1.29 is 0 Å². The van der Waals surface area contributed by atoms with Crippen LogP contribution in [0.5, 0.6) is 0 Å². The first-order valence-electron chi connectivity index (χ1n) is 7.83. The molecule has 1 aromatic carbocycles. The predicted octanol–water partition coefficient (Wildman–Crippen LogP) is 3.22. The van der Waals surface area contributed by atoms with Gasteiger partial charge in [-0.15, -0.1) is 0 Å². The monoisotopic (exact) mass is 271 g/mol. The Kier molecular flexibility index (Phi) is 4.08. The van der Waals surface area contributed by atoms with Crippen LogP contribution in [0.1, 0.15) is 37.1 Å². The lowest BCUT2D eigenvalue weighted by Gasteiger charge is -2.35. The highest BCUT2D eigenvalue weighted by Crippen LogP contribution is 2.34. The molecule has 0 bridgehead atoms. The molecule has 0 aliphatic carbocycles. The fourth-order valence-corrected chi connectivity index (χ4v) is 3.50. The van der Waals surface area contributed by atoms with Gasteiger partial charge in [0.1, 0.15) is 0 Å². The number of piperazine rings is 1. The summed E-state index contributed by atoms with van der Waals surface area (Å²) in [6.45, 7) is 9.05. The van der Waals surface area contributed by atoms with E-state index in [4.69, 9.17) is 0 Å². The van der Waals surface area contributed by atoms with Crippen molar-refractivity contribution >= 4 is 10.9 Å². The Bertz CT molecular complexity index is 567. The summed E-state index contributed by atoms with van der Waals surface area (Å²) in [5.41, 5.74) is 4.13. The Hall–Kier alpha value is -1.32. The van der Waals surface area contributed by atoms with E-state index in [-0.39, 0.29) is 0 Å². The summed E-state index contributed by atoms with van der Waals surface area (Å²) >= 11 is 0. The Morgan fingerprint density at radius 3 is 2.70 bits per heavy atom. The van der Waals surface area contributed by atoms with Gasteiger partial charge in [-0.05, 0) is 25.0 Å². The molecule has 0 radical (unpaired) electrons.